The molecule has 1 aromatic carbocycles. The zero-order valence-corrected chi connectivity index (χ0v) is 15.7. The number of aromatic nitrogens is 4. The Hall–Kier alpha value is -2.06. The molecule has 0 saturated carbocycles. The molecular weight excluding hydrogens is 335 g/mol. The molecule has 1 fully saturated rings. The Balaban J connectivity index is 1.69. The molecule has 0 aliphatic carbocycles. The number of methoxy groups -OCH3 is 1. The summed E-state index contributed by atoms with van der Waals surface area (Å²) in [6.07, 6.45) is 0. The second-order valence-electron chi connectivity index (χ2n) is 6.94. The summed E-state index contributed by atoms with van der Waals surface area (Å²) in [4.78, 5) is 4.74. The first kappa shape index (κ1) is 18.7. The molecule has 142 valence electrons. The molecule has 0 spiro atoms. The van der Waals surface area contributed by atoms with Crippen molar-refractivity contribution in [1.82, 2.24) is 25.1 Å². The maximum Gasteiger partial charge on any atom is 0.168 e. The van der Waals surface area contributed by atoms with Gasteiger partial charge in [0.25, 0.3) is 0 Å². The van der Waals surface area contributed by atoms with Gasteiger partial charge in [-0.3, -0.25) is 4.90 Å². The summed E-state index contributed by atoms with van der Waals surface area (Å²) in [7, 11) is 1.68. The Morgan fingerprint density at radius 3 is 2.42 bits per heavy atom. The standard InChI is InChI=1S/C18H27FN6O/c1-14(2)17(18-20-21-22-25(18)12-13-26-3)24-10-8-23(9-11-24)16-6-4-15(19)5-7-16/h4-7,14,17H,8-13H2,1-3H3/t17-/m1/s1. The van der Waals surface area contributed by atoms with Gasteiger partial charge in [0.2, 0.25) is 0 Å². The highest BCUT2D eigenvalue weighted by Crippen LogP contribution is 2.28. The summed E-state index contributed by atoms with van der Waals surface area (Å²) in [6, 6.07) is 6.88. The summed E-state index contributed by atoms with van der Waals surface area (Å²) in [5.41, 5.74) is 1.07. The minimum atomic E-state index is -0.199. The molecule has 26 heavy (non-hydrogen) atoms. The predicted molar refractivity (Wildman–Crippen MR) is 97.5 cm³/mol. The van der Waals surface area contributed by atoms with E-state index in [1.165, 1.54) is 12.1 Å². The Labute approximate surface area is 153 Å². The first-order valence-electron chi connectivity index (χ1n) is 9.09. The minimum absolute atomic E-state index is 0.164. The van der Waals surface area contributed by atoms with Gasteiger partial charge in [0.05, 0.1) is 19.2 Å². The average Bonchev–Trinajstić information content (AvgIpc) is 3.09. The van der Waals surface area contributed by atoms with Crippen molar-refractivity contribution in [1.29, 1.82) is 0 Å². The van der Waals surface area contributed by atoms with Crippen LogP contribution in [0.1, 0.15) is 25.7 Å². The van der Waals surface area contributed by atoms with E-state index in [4.69, 9.17) is 4.74 Å². The minimum Gasteiger partial charge on any atom is -0.383 e. The second-order valence-corrected chi connectivity index (χ2v) is 6.94. The molecule has 0 amide bonds. The van der Waals surface area contributed by atoms with Gasteiger partial charge in [-0.15, -0.1) is 5.10 Å². The molecule has 1 aromatic heterocycles. The fourth-order valence-corrected chi connectivity index (χ4v) is 3.55. The third-order valence-electron chi connectivity index (χ3n) is 4.86. The molecule has 0 N–H and O–H groups in total. The van der Waals surface area contributed by atoms with Gasteiger partial charge in [-0.2, -0.15) is 0 Å². The number of tetrazole rings is 1. The van der Waals surface area contributed by atoms with Crippen LogP contribution in [0.2, 0.25) is 0 Å². The lowest BCUT2D eigenvalue weighted by Gasteiger charge is -2.41. The average molecular weight is 362 g/mol. The molecule has 7 nitrogen and oxygen atoms in total. The summed E-state index contributed by atoms with van der Waals surface area (Å²) in [5.74, 6) is 1.09. The van der Waals surface area contributed by atoms with Crippen molar-refractivity contribution in [2.75, 3.05) is 44.8 Å². The maximum absolute atomic E-state index is 13.1. The van der Waals surface area contributed by atoms with Gasteiger partial charge >= 0.3 is 0 Å². The van der Waals surface area contributed by atoms with Crippen molar-refractivity contribution in [3.05, 3.63) is 35.9 Å². The highest BCUT2D eigenvalue weighted by Gasteiger charge is 2.31. The fourth-order valence-electron chi connectivity index (χ4n) is 3.55. The molecule has 0 bridgehead atoms. The van der Waals surface area contributed by atoms with Crippen molar-refractivity contribution < 1.29 is 9.13 Å². The van der Waals surface area contributed by atoms with Crippen LogP contribution in [-0.2, 0) is 11.3 Å². The van der Waals surface area contributed by atoms with E-state index in [1.54, 1.807) is 7.11 Å². The van der Waals surface area contributed by atoms with Crippen LogP contribution in [0.4, 0.5) is 10.1 Å². The number of ether oxygens (including phenoxy) is 1. The molecule has 2 heterocycles. The molecule has 1 aliphatic rings. The first-order valence-corrected chi connectivity index (χ1v) is 9.09. The molecule has 3 rings (SSSR count). The van der Waals surface area contributed by atoms with Crippen molar-refractivity contribution in [2.45, 2.75) is 26.4 Å². The Kier molecular flexibility index (Phi) is 6.16. The maximum atomic E-state index is 13.1. The lowest BCUT2D eigenvalue weighted by Crippen LogP contribution is -2.49. The Bertz CT molecular complexity index is 681. The SMILES string of the molecule is COCCn1nnnc1[C@@H](C(C)C)N1CCN(c2ccc(F)cc2)CC1. The van der Waals surface area contributed by atoms with Gasteiger partial charge in [0, 0.05) is 39.0 Å². The number of anilines is 1. The van der Waals surface area contributed by atoms with Crippen LogP contribution < -0.4 is 4.90 Å². The van der Waals surface area contributed by atoms with Crippen LogP contribution in [0.3, 0.4) is 0 Å². The monoisotopic (exact) mass is 362 g/mol. The quantitative estimate of drug-likeness (QED) is 0.751. The highest BCUT2D eigenvalue weighted by atomic mass is 19.1. The van der Waals surface area contributed by atoms with Crippen LogP contribution in [0.5, 0.6) is 0 Å². The van der Waals surface area contributed by atoms with Crippen LogP contribution in [0.15, 0.2) is 24.3 Å². The molecular formula is C18H27FN6O. The van der Waals surface area contributed by atoms with E-state index in [2.05, 4.69) is 39.2 Å². The zero-order valence-electron chi connectivity index (χ0n) is 15.7. The smallest absolute Gasteiger partial charge is 0.168 e. The van der Waals surface area contributed by atoms with Crippen molar-refractivity contribution in [2.24, 2.45) is 5.92 Å². The lowest BCUT2D eigenvalue weighted by molar-refractivity contribution is 0.129. The molecule has 1 atom stereocenters. The van der Waals surface area contributed by atoms with E-state index >= 15 is 0 Å². The number of rotatable bonds is 7. The van der Waals surface area contributed by atoms with Crippen LogP contribution >= 0.6 is 0 Å². The molecule has 1 aliphatic heterocycles. The zero-order chi connectivity index (χ0) is 18.5. The van der Waals surface area contributed by atoms with Gasteiger partial charge in [0.15, 0.2) is 5.82 Å². The fraction of sp³-hybridized carbons (Fsp3) is 0.611. The highest BCUT2D eigenvalue weighted by molar-refractivity contribution is 5.46. The third-order valence-corrected chi connectivity index (χ3v) is 4.86. The number of hydrogen-bond donors (Lipinski definition) is 0. The lowest BCUT2D eigenvalue weighted by atomic mass is 10.0. The van der Waals surface area contributed by atoms with Crippen LogP contribution in [0.25, 0.3) is 0 Å². The topological polar surface area (TPSA) is 59.3 Å². The van der Waals surface area contributed by atoms with E-state index in [0.717, 1.165) is 37.7 Å². The second kappa shape index (κ2) is 8.55. The van der Waals surface area contributed by atoms with Crippen molar-refractivity contribution >= 4 is 5.69 Å². The molecule has 0 unspecified atom stereocenters. The first-order chi connectivity index (χ1) is 12.6. The number of hydrogen-bond acceptors (Lipinski definition) is 6. The number of halogens is 1. The van der Waals surface area contributed by atoms with Gasteiger partial charge in [-0.1, -0.05) is 13.8 Å². The normalized spacial score (nSPS) is 17.0. The number of piperazine rings is 1. The van der Waals surface area contributed by atoms with Gasteiger partial charge in [-0.05, 0) is 40.6 Å². The van der Waals surface area contributed by atoms with Crippen molar-refractivity contribution in [3.63, 3.8) is 0 Å². The van der Waals surface area contributed by atoms with Gasteiger partial charge in [0.1, 0.15) is 5.82 Å². The summed E-state index contributed by atoms with van der Waals surface area (Å²) >= 11 is 0. The summed E-state index contributed by atoms with van der Waals surface area (Å²) < 4.78 is 20.1. The third kappa shape index (κ3) is 4.19. The summed E-state index contributed by atoms with van der Waals surface area (Å²) in [5, 5.41) is 12.3. The number of nitrogens with zero attached hydrogens (tertiary/aromatic N) is 6. The van der Waals surface area contributed by atoms with E-state index in [-0.39, 0.29) is 11.9 Å². The Morgan fingerprint density at radius 1 is 1.12 bits per heavy atom. The van der Waals surface area contributed by atoms with E-state index in [0.29, 0.717) is 19.1 Å². The van der Waals surface area contributed by atoms with E-state index < -0.39 is 0 Å². The van der Waals surface area contributed by atoms with Gasteiger partial charge < -0.3 is 9.64 Å². The molecule has 1 saturated heterocycles. The number of benzene rings is 1. The Morgan fingerprint density at radius 2 is 1.81 bits per heavy atom. The molecule has 0 radical (unpaired) electrons. The van der Waals surface area contributed by atoms with E-state index in [9.17, 15) is 4.39 Å². The van der Waals surface area contributed by atoms with Gasteiger partial charge in [-0.25, -0.2) is 9.07 Å². The molecule has 2 aromatic rings. The largest absolute Gasteiger partial charge is 0.383 e. The molecule has 8 heteroatoms. The van der Waals surface area contributed by atoms with Crippen molar-refractivity contribution in [3.8, 4) is 0 Å². The van der Waals surface area contributed by atoms with E-state index in [1.807, 2.05) is 16.8 Å². The summed E-state index contributed by atoms with van der Waals surface area (Å²) in [6.45, 7) is 9.26. The van der Waals surface area contributed by atoms with Crippen LogP contribution in [-0.4, -0.2) is 65.0 Å². The van der Waals surface area contributed by atoms with Crippen LogP contribution in [0, 0.1) is 11.7 Å². The predicted octanol–water partition coefficient (Wildman–Crippen LogP) is 1.98.